The molecule has 5 heteroatoms. The van der Waals surface area contributed by atoms with Crippen LogP contribution in [-0.2, 0) is 4.74 Å². The third-order valence-electron chi connectivity index (χ3n) is 2.25. The van der Waals surface area contributed by atoms with Crippen LogP contribution in [0.2, 0.25) is 0 Å². The van der Waals surface area contributed by atoms with Crippen molar-refractivity contribution < 1.29 is 4.74 Å². The fraction of sp³-hybridized carbons (Fsp3) is 0.727. The Morgan fingerprint density at radius 3 is 3.12 bits per heavy atom. The molecule has 0 radical (unpaired) electrons. The number of rotatable bonds is 9. The van der Waals surface area contributed by atoms with Crippen molar-refractivity contribution in [3.8, 4) is 0 Å². The summed E-state index contributed by atoms with van der Waals surface area (Å²) in [6.45, 7) is 4.04. The van der Waals surface area contributed by atoms with Crippen LogP contribution in [0, 0.1) is 0 Å². The van der Waals surface area contributed by atoms with E-state index in [9.17, 15) is 0 Å². The second-order valence-electron chi connectivity index (χ2n) is 3.51. The highest BCUT2D eigenvalue weighted by Crippen LogP contribution is 2.20. The van der Waals surface area contributed by atoms with Crippen molar-refractivity contribution >= 4 is 23.1 Å². The molecular formula is C11H20N2OS2. The van der Waals surface area contributed by atoms with Gasteiger partial charge >= 0.3 is 0 Å². The topological polar surface area (TPSA) is 34.1 Å². The number of ether oxygens (including phenoxy) is 1. The number of aromatic nitrogens is 1. The van der Waals surface area contributed by atoms with Gasteiger partial charge in [0.05, 0.1) is 6.61 Å². The second kappa shape index (κ2) is 8.98. The van der Waals surface area contributed by atoms with Gasteiger partial charge < -0.3 is 10.1 Å². The van der Waals surface area contributed by atoms with E-state index in [1.165, 1.54) is 10.8 Å². The van der Waals surface area contributed by atoms with Gasteiger partial charge in [-0.05, 0) is 19.4 Å². The highest BCUT2D eigenvalue weighted by molar-refractivity contribution is 8.00. The van der Waals surface area contributed by atoms with Crippen LogP contribution in [0.4, 0.5) is 0 Å². The summed E-state index contributed by atoms with van der Waals surface area (Å²) in [5.41, 5.74) is 0. The first-order valence-corrected chi connectivity index (χ1v) is 7.48. The average Bonchev–Trinajstić information content (AvgIpc) is 2.80. The lowest BCUT2D eigenvalue weighted by Gasteiger charge is -2.15. The van der Waals surface area contributed by atoms with Gasteiger partial charge in [-0.1, -0.05) is 18.7 Å². The predicted octanol–water partition coefficient (Wildman–Crippen LogP) is 2.64. The lowest BCUT2D eigenvalue weighted by atomic mass is 10.2. The number of thioether (sulfide) groups is 1. The molecule has 1 aromatic heterocycles. The molecule has 1 aromatic rings. The number of nitrogens with zero attached hydrogens (tertiary/aromatic N) is 1. The molecule has 1 unspecified atom stereocenters. The van der Waals surface area contributed by atoms with Gasteiger partial charge in [0.1, 0.15) is 4.34 Å². The standard InChI is InChI=1S/C11H20N2OS2/c1-3-10(9-14-2)12-5-4-7-15-11-13-6-8-16-11/h6,8,10,12H,3-5,7,9H2,1-2H3. The van der Waals surface area contributed by atoms with E-state index in [1.54, 1.807) is 18.4 Å². The zero-order chi connectivity index (χ0) is 11.6. The van der Waals surface area contributed by atoms with Crippen molar-refractivity contribution in [1.82, 2.24) is 10.3 Å². The molecule has 0 saturated heterocycles. The molecule has 0 aliphatic carbocycles. The molecule has 1 atom stereocenters. The van der Waals surface area contributed by atoms with E-state index < -0.39 is 0 Å². The lowest BCUT2D eigenvalue weighted by Crippen LogP contribution is -2.33. The Hall–Kier alpha value is -0.100. The minimum atomic E-state index is 0.495. The van der Waals surface area contributed by atoms with Crippen molar-refractivity contribution in [2.75, 3.05) is 26.0 Å². The van der Waals surface area contributed by atoms with E-state index in [2.05, 4.69) is 17.2 Å². The van der Waals surface area contributed by atoms with E-state index in [0.29, 0.717) is 6.04 Å². The second-order valence-corrected chi connectivity index (χ2v) is 5.75. The summed E-state index contributed by atoms with van der Waals surface area (Å²) in [6.07, 6.45) is 4.15. The molecule has 92 valence electrons. The summed E-state index contributed by atoms with van der Waals surface area (Å²) in [4.78, 5) is 4.24. The summed E-state index contributed by atoms with van der Waals surface area (Å²) in [6, 6.07) is 0.495. The van der Waals surface area contributed by atoms with Crippen LogP contribution in [-0.4, -0.2) is 37.0 Å². The Morgan fingerprint density at radius 1 is 1.62 bits per heavy atom. The summed E-state index contributed by atoms with van der Waals surface area (Å²) in [5, 5.41) is 5.52. The fourth-order valence-electron chi connectivity index (χ4n) is 1.34. The summed E-state index contributed by atoms with van der Waals surface area (Å²) < 4.78 is 6.31. The van der Waals surface area contributed by atoms with Gasteiger partial charge in [-0.3, -0.25) is 0 Å². The summed E-state index contributed by atoms with van der Waals surface area (Å²) >= 11 is 3.55. The molecule has 1 N–H and O–H groups in total. The maximum absolute atomic E-state index is 5.13. The molecule has 0 spiro atoms. The summed E-state index contributed by atoms with van der Waals surface area (Å²) in [7, 11) is 1.75. The molecule has 0 amide bonds. The monoisotopic (exact) mass is 260 g/mol. The molecule has 16 heavy (non-hydrogen) atoms. The molecule has 0 aliphatic heterocycles. The number of hydrogen-bond acceptors (Lipinski definition) is 5. The van der Waals surface area contributed by atoms with Crippen LogP contribution in [0.3, 0.4) is 0 Å². The molecule has 0 saturated carbocycles. The quantitative estimate of drug-likeness (QED) is 0.547. The third-order valence-corrected chi connectivity index (χ3v) is 4.30. The zero-order valence-electron chi connectivity index (χ0n) is 9.94. The number of nitrogens with one attached hydrogen (secondary N) is 1. The maximum Gasteiger partial charge on any atom is 0.149 e. The van der Waals surface area contributed by atoms with Crippen molar-refractivity contribution in [2.45, 2.75) is 30.1 Å². The molecule has 0 aliphatic rings. The largest absolute Gasteiger partial charge is 0.383 e. The normalized spacial score (nSPS) is 12.9. The van der Waals surface area contributed by atoms with Crippen LogP contribution in [0.5, 0.6) is 0 Å². The Labute approximate surface area is 106 Å². The van der Waals surface area contributed by atoms with E-state index in [4.69, 9.17) is 4.74 Å². The predicted molar refractivity (Wildman–Crippen MR) is 71.4 cm³/mol. The Bertz CT molecular complexity index is 254. The number of methoxy groups -OCH3 is 1. The van der Waals surface area contributed by atoms with Crippen molar-refractivity contribution in [3.05, 3.63) is 11.6 Å². The fourth-order valence-corrected chi connectivity index (χ4v) is 2.99. The van der Waals surface area contributed by atoms with Crippen LogP contribution < -0.4 is 5.32 Å². The van der Waals surface area contributed by atoms with Gasteiger partial charge in [-0.2, -0.15) is 0 Å². The third kappa shape index (κ3) is 5.84. The van der Waals surface area contributed by atoms with Gasteiger partial charge in [-0.15, -0.1) is 11.3 Å². The SMILES string of the molecule is CCC(COC)NCCCSc1nccs1. The minimum absolute atomic E-state index is 0.495. The zero-order valence-corrected chi connectivity index (χ0v) is 11.6. The van der Waals surface area contributed by atoms with E-state index in [0.717, 1.165) is 25.3 Å². The molecule has 0 aromatic carbocycles. The van der Waals surface area contributed by atoms with Crippen molar-refractivity contribution in [3.63, 3.8) is 0 Å². The highest BCUT2D eigenvalue weighted by atomic mass is 32.2. The first kappa shape index (κ1) is 14.0. The van der Waals surface area contributed by atoms with Gasteiger partial charge in [0.25, 0.3) is 0 Å². The molecule has 0 bridgehead atoms. The van der Waals surface area contributed by atoms with E-state index >= 15 is 0 Å². The molecule has 1 rings (SSSR count). The number of hydrogen-bond donors (Lipinski definition) is 1. The summed E-state index contributed by atoms with van der Waals surface area (Å²) in [5.74, 6) is 1.13. The minimum Gasteiger partial charge on any atom is -0.383 e. The van der Waals surface area contributed by atoms with Gasteiger partial charge in [0, 0.05) is 30.5 Å². The average molecular weight is 260 g/mol. The van der Waals surface area contributed by atoms with Crippen molar-refractivity contribution in [2.24, 2.45) is 0 Å². The van der Waals surface area contributed by atoms with Crippen LogP contribution >= 0.6 is 23.1 Å². The van der Waals surface area contributed by atoms with E-state index in [1.807, 2.05) is 23.3 Å². The maximum atomic E-state index is 5.13. The molecular weight excluding hydrogens is 240 g/mol. The van der Waals surface area contributed by atoms with Crippen LogP contribution in [0.25, 0.3) is 0 Å². The number of thiazole rings is 1. The Kier molecular flexibility index (Phi) is 7.84. The molecule has 1 heterocycles. The van der Waals surface area contributed by atoms with Crippen LogP contribution in [0.1, 0.15) is 19.8 Å². The van der Waals surface area contributed by atoms with E-state index in [-0.39, 0.29) is 0 Å². The lowest BCUT2D eigenvalue weighted by molar-refractivity contribution is 0.164. The van der Waals surface area contributed by atoms with Crippen molar-refractivity contribution in [1.29, 1.82) is 0 Å². The Morgan fingerprint density at radius 2 is 2.50 bits per heavy atom. The molecule has 0 fully saturated rings. The molecule has 3 nitrogen and oxygen atoms in total. The highest BCUT2D eigenvalue weighted by Gasteiger charge is 2.03. The first-order valence-electron chi connectivity index (χ1n) is 5.61. The first-order chi connectivity index (χ1) is 7.86. The van der Waals surface area contributed by atoms with Crippen LogP contribution in [0.15, 0.2) is 15.9 Å². The smallest absolute Gasteiger partial charge is 0.149 e. The van der Waals surface area contributed by atoms with Gasteiger partial charge in [0.2, 0.25) is 0 Å². The van der Waals surface area contributed by atoms with Gasteiger partial charge in [-0.25, -0.2) is 4.98 Å². The Balaban J connectivity index is 1.98. The van der Waals surface area contributed by atoms with Gasteiger partial charge in [0.15, 0.2) is 0 Å².